The zero-order valence-corrected chi connectivity index (χ0v) is 74.5. The summed E-state index contributed by atoms with van der Waals surface area (Å²) in [5, 5.41) is 40.7. The molecule has 0 radical (unpaired) electrons. The number of aromatic nitrogens is 12. The highest BCUT2D eigenvalue weighted by Crippen LogP contribution is 2.39. The van der Waals surface area contributed by atoms with Gasteiger partial charge in [-0.15, -0.1) is 0 Å². The Hall–Kier alpha value is -11.3. The third-order valence-electron chi connectivity index (χ3n) is 27.7. The normalized spacial score (nSPS) is 19.8. The molecule has 0 amide bonds. The Kier molecular flexibility index (Phi) is 27.7. The lowest BCUT2D eigenvalue weighted by Crippen LogP contribution is -2.38. The standard InChI is InChI=1S/2C25H29FN4O4.2C23H27FN4O3/c2*1-15-19(25(32)30-10-3-4-21(24(30)27-15)33-16(2)31)9-13-29-11-7-17(8-12-29)23-20-6-5-18(26)14-22(20)34-28-23;2*1-14-17(23(30)28-9-2-3-19(29)22(28)25-14)8-12-27-10-6-15(7-11-27)21-18-5-4-16(24)13-20(18)31-26-21/h2*5-6,14,17,21H,3-4,7-13H2,1-2H3;2*4-5,13,15,19,29H,2-3,6-12H2,1H3. The lowest BCUT2D eigenvalue weighted by atomic mass is 9.91. The SMILES string of the molecule is CC(=O)OC1CCCn2c1nc(C)c(CCN1CCC(c3noc4cc(F)ccc34)CC1)c2=O.CC(=O)OC1CCCn2c1nc(C)c(CCN1CCC(c3noc4cc(F)ccc34)CC1)c2=O.Cc1nc2n(c(=O)c1CCN1CCC(c3noc4cc(F)ccc34)CC1)CCCC2O.Cc1nc2n(c(=O)c1CCN1CCC(c3noc4cc(F)ccc34)CC1)CCCC2O. The van der Waals surface area contributed by atoms with Crippen LogP contribution in [0.15, 0.2) is 110 Å². The van der Waals surface area contributed by atoms with Gasteiger partial charge in [0.1, 0.15) is 47.1 Å². The number of carbonyl (C=O) groups excluding carboxylic acids is 2. The van der Waals surface area contributed by atoms with Crippen molar-refractivity contribution in [2.45, 2.75) is 244 Å². The molecule has 20 rings (SSSR count). The van der Waals surface area contributed by atoms with Crippen molar-refractivity contribution in [1.82, 2.24) is 78.4 Å². The van der Waals surface area contributed by atoms with E-state index >= 15 is 0 Å². The first-order valence-electron chi connectivity index (χ1n) is 46.0. The number of halogens is 4. The second-order valence-corrected chi connectivity index (χ2v) is 36.1. The molecule has 4 saturated heterocycles. The quantitative estimate of drug-likeness (QED) is 0.0595. The molecule has 0 aliphatic carbocycles. The Balaban J connectivity index is 0.000000122. The van der Waals surface area contributed by atoms with Crippen molar-refractivity contribution < 1.29 is 64.9 Å². The van der Waals surface area contributed by atoms with Crippen molar-refractivity contribution in [1.29, 1.82) is 0 Å². The Labute approximate surface area is 746 Å². The molecule has 2 N–H and O–H groups in total. The smallest absolute Gasteiger partial charge is 0.303 e. The van der Waals surface area contributed by atoms with Crippen LogP contribution in [0.1, 0.15) is 256 Å². The summed E-state index contributed by atoms with van der Waals surface area (Å²) in [5.41, 5.74) is 11.5. The van der Waals surface area contributed by atoms with E-state index in [4.69, 9.17) is 27.6 Å². The van der Waals surface area contributed by atoms with E-state index in [2.05, 4.69) is 60.2 Å². The molecule has 4 unspecified atom stereocenters. The highest BCUT2D eigenvalue weighted by molar-refractivity contribution is 5.82. The van der Waals surface area contributed by atoms with Gasteiger partial charge in [0.2, 0.25) is 0 Å². The van der Waals surface area contributed by atoms with Gasteiger partial charge in [-0.25, -0.2) is 37.5 Å². The van der Waals surface area contributed by atoms with Crippen molar-refractivity contribution in [2.24, 2.45) is 0 Å². The van der Waals surface area contributed by atoms with Crippen LogP contribution in [0.4, 0.5) is 17.6 Å². The van der Waals surface area contributed by atoms with Gasteiger partial charge in [-0.3, -0.25) is 47.0 Å². The largest absolute Gasteiger partial charge is 0.454 e. The van der Waals surface area contributed by atoms with Crippen LogP contribution in [0, 0.1) is 51.0 Å². The summed E-state index contributed by atoms with van der Waals surface area (Å²) in [5.74, 6) is 1.29. The minimum absolute atomic E-state index is 0.00237. The highest BCUT2D eigenvalue weighted by atomic mass is 19.1. The predicted octanol–water partition coefficient (Wildman–Crippen LogP) is 13.5. The Morgan fingerprint density at radius 1 is 0.346 bits per heavy atom. The van der Waals surface area contributed by atoms with Gasteiger partial charge in [0.05, 0.1) is 22.8 Å². The van der Waals surface area contributed by atoms with Gasteiger partial charge in [-0.1, -0.05) is 20.6 Å². The number of nitrogens with zero attached hydrogens (tertiary/aromatic N) is 16. The van der Waals surface area contributed by atoms with Crippen LogP contribution in [0.3, 0.4) is 0 Å². The zero-order valence-electron chi connectivity index (χ0n) is 74.5. The second-order valence-electron chi connectivity index (χ2n) is 36.1. The van der Waals surface area contributed by atoms with Gasteiger partial charge in [0.25, 0.3) is 22.2 Å². The van der Waals surface area contributed by atoms with E-state index in [9.17, 15) is 56.5 Å². The lowest BCUT2D eigenvalue weighted by Gasteiger charge is -2.31. The first-order chi connectivity index (χ1) is 62.8. The molecule has 130 heavy (non-hydrogen) atoms. The molecule has 8 aliphatic rings. The molecule has 4 atom stereocenters. The van der Waals surface area contributed by atoms with Crippen LogP contribution in [0.2, 0.25) is 0 Å². The van der Waals surface area contributed by atoms with Gasteiger partial charge >= 0.3 is 11.9 Å². The van der Waals surface area contributed by atoms with Crippen molar-refractivity contribution in [3.63, 3.8) is 0 Å². The fourth-order valence-electron chi connectivity index (χ4n) is 20.5. The van der Waals surface area contributed by atoms with Crippen molar-refractivity contribution >= 4 is 55.8 Å². The number of carbonyl (C=O) groups is 2. The fraction of sp³-hybridized carbons (Fsp3) is 0.521. The molecule has 4 fully saturated rings. The summed E-state index contributed by atoms with van der Waals surface area (Å²) in [6.45, 7) is 23.1. The molecule has 30 nitrogen and oxygen atoms in total. The number of aryl methyl sites for hydroxylation is 4. The second kappa shape index (κ2) is 39.8. The van der Waals surface area contributed by atoms with E-state index < -0.39 is 24.4 Å². The maximum absolute atomic E-state index is 13.4. The van der Waals surface area contributed by atoms with Gasteiger partial charge < -0.3 is 57.4 Å². The average Bonchev–Trinajstić information content (AvgIpc) is 1.21. The molecule has 0 bridgehead atoms. The fourth-order valence-corrected chi connectivity index (χ4v) is 20.5. The van der Waals surface area contributed by atoms with Gasteiger partial charge in [-0.2, -0.15) is 0 Å². The first kappa shape index (κ1) is 90.6. The highest BCUT2D eigenvalue weighted by Gasteiger charge is 2.36. The summed E-state index contributed by atoms with van der Waals surface area (Å²) in [7, 11) is 0. The average molecular weight is 1790 g/mol. The van der Waals surface area contributed by atoms with Gasteiger partial charge in [-0.05, 0) is 257 Å². The lowest BCUT2D eigenvalue weighted by molar-refractivity contribution is -0.149. The van der Waals surface area contributed by atoms with E-state index in [0.29, 0.717) is 146 Å². The molecule has 16 heterocycles. The molecule has 4 aromatic carbocycles. The third-order valence-corrected chi connectivity index (χ3v) is 27.7. The summed E-state index contributed by atoms with van der Waals surface area (Å²) in [6.07, 6.45) is 13.8. The minimum Gasteiger partial charge on any atom is -0.454 e. The third kappa shape index (κ3) is 19.8. The van der Waals surface area contributed by atoms with E-state index in [0.717, 1.165) is 234 Å². The van der Waals surface area contributed by atoms with Crippen LogP contribution in [-0.2, 0) is 70.9 Å². The van der Waals surface area contributed by atoms with Crippen molar-refractivity contribution in [3.05, 3.63) is 229 Å². The van der Waals surface area contributed by atoms with E-state index in [1.807, 2.05) is 27.7 Å². The number of aliphatic hydroxyl groups excluding tert-OH is 2. The number of piperidine rings is 4. The molecule has 8 aliphatic heterocycles. The van der Waals surface area contributed by atoms with Crippen molar-refractivity contribution in [2.75, 3.05) is 78.5 Å². The van der Waals surface area contributed by atoms with Crippen LogP contribution in [0.5, 0.6) is 0 Å². The summed E-state index contributed by atoms with van der Waals surface area (Å²) in [4.78, 5) is 103. The molecular weight excluding hydrogens is 1680 g/mol. The van der Waals surface area contributed by atoms with Crippen LogP contribution >= 0.6 is 0 Å². The van der Waals surface area contributed by atoms with Crippen LogP contribution in [0.25, 0.3) is 43.9 Å². The zero-order chi connectivity index (χ0) is 90.7. The number of fused-ring (bicyclic) bond motifs is 8. The number of rotatable bonds is 18. The van der Waals surface area contributed by atoms with E-state index in [1.165, 1.54) is 62.4 Å². The molecule has 0 spiro atoms. The molecule has 12 aromatic rings. The number of hydrogen-bond acceptors (Lipinski definition) is 26. The summed E-state index contributed by atoms with van der Waals surface area (Å²) in [6, 6.07) is 18.3. The van der Waals surface area contributed by atoms with Crippen LogP contribution in [-0.4, -0.2) is 179 Å². The minimum atomic E-state index is -0.641. The Bertz CT molecular complexity index is 6020. The summed E-state index contributed by atoms with van der Waals surface area (Å²) < 4.78 is 92.5. The molecular formula is C96H112F4N16O14. The number of hydrogen-bond donors (Lipinski definition) is 2. The van der Waals surface area contributed by atoms with E-state index in [-0.39, 0.29) is 69.3 Å². The van der Waals surface area contributed by atoms with Crippen molar-refractivity contribution in [3.8, 4) is 0 Å². The maximum Gasteiger partial charge on any atom is 0.303 e. The van der Waals surface area contributed by atoms with Gasteiger partial charge in [0, 0.05) is 181 Å². The molecule has 8 aromatic heterocycles. The number of esters is 2. The van der Waals surface area contributed by atoms with E-state index in [1.54, 1.807) is 42.5 Å². The predicted molar refractivity (Wildman–Crippen MR) is 473 cm³/mol. The maximum atomic E-state index is 13.4. The number of ether oxygens (including phenoxy) is 2. The molecule has 688 valence electrons. The topological polar surface area (TPSA) is 350 Å². The first-order valence-corrected chi connectivity index (χ1v) is 46.0. The molecule has 34 heteroatoms. The monoisotopic (exact) mass is 1790 g/mol. The molecule has 0 saturated carbocycles. The van der Waals surface area contributed by atoms with Gasteiger partial charge in [0.15, 0.2) is 46.2 Å². The Morgan fingerprint density at radius 3 is 0.823 bits per heavy atom. The number of aliphatic hydroxyl groups is 2. The summed E-state index contributed by atoms with van der Waals surface area (Å²) >= 11 is 0. The van der Waals surface area contributed by atoms with Crippen LogP contribution < -0.4 is 22.2 Å². The number of benzene rings is 4. The Morgan fingerprint density at radius 2 is 0.577 bits per heavy atom. The number of likely N-dealkylation sites (tertiary alicyclic amines) is 4.